The SMILES string of the molecule is CC(O)(c1ccccc1C1C=Cc2ccccc21)C(Cl)Cl. The van der Waals surface area contributed by atoms with Crippen molar-refractivity contribution in [3.8, 4) is 0 Å². The summed E-state index contributed by atoms with van der Waals surface area (Å²) in [6, 6.07) is 16.1. The zero-order chi connectivity index (χ0) is 15.0. The summed E-state index contributed by atoms with van der Waals surface area (Å²) in [7, 11) is 0. The zero-order valence-electron chi connectivity index (χ0n) is 11.6. The summed E-state index contributed by atoms with van der Waals surface area (Å²) in [6.45, 7) is 1.65. The topological polar surface area (TPSA) is 20.2 Å². The second kappa shape index (κ2) is 5.49. The highest BCUT2D eigenvalue weighted by Crippen LogP contribution is 2.41. The molecule has 3 heteroatoms. The fourth-order valence-electron chi connectivity index (χ4n) is 2.87. The van der Waals surface area contributed by atoms with Gasteiger partial charge in [0, 0.05) is 5.92 Å². The Morgan fingerprint density at radius 3 is 2.33 bits per heavy atom. The molecule has 0 amide bonds. The Kier molecular flexibility index (Phi) is 3.83. The van der Waals surface area contributed by atoms with Gasteiger partial charge in [0.15, 0.2) is 0 Å². The maximum Gasteiger partial charge on any atom is 0.140 e. The van der Waals surface area contributed by atoms with Crippen LogP contribution in [0.25, 0.3) is 6.08 Å². The third-order valence-corrected chi connectivity index (χ3v) is 4.92. The van der Waals surface area contributed by atoms with Crippen LogP contribution in [0.2, 0.25) is 0 Å². The molecule has 0 bridgehead atoms. The average Bonchev–Trinajstić information content (AvgIpc) is 2.91. The Morgan fingerprint density at radius 2 is 1.62 bits per heavy atom. The minimum Gasteiger partial charge on any atom is -0.383 e. The van der Waals surface area contributed by atoms with Gasteiger partial charge in [0.2, 0.25) is 0 Å². The molecule has 1 aliphatic carbocycles. The van der Waals surface area contributed by atoms with Gasteiger partial charge in [-0.15, -0.1) is 23.2 Å². The van der Waals surface area contributed by atoms with Gasteiger partial charge in [0.1, 0.15) is 10.4 Å². The number of hydrogen-bond acceptors (Lipinski definition) is 1. The Hall–Kier alpha value is -1.28. The largest absolute Gasteiger partial charge is 0.383 e. The van der Waals surface area contributed by atoms with E-state index in [2.05, 4.69) is 24.3 Å². The Morgan fingerprint density at radius 1 is 1.00 bits per heavy atom. The van der Waals surface area contributed by atoms with Gasteiger partial charge >= 0.3 is 0 Å². The number of fused-ring (bicyclic) bond motifs is 1. The molecule has 1 nitrogen and oxygen atoms in total. The molecule has 0 aromatic heterocycles. The van der Waals surface area contributed by atoms with Crippen molar-refractivity contribution in [3.05, 3.63) is 76.9 Å². The summed E-state index contributed by atoms with van der Waals surface area (Å²) < 4.78 is 0. The predicted molar refractivity (Wildman–Crippen MR) is 88.8 cm³/mol. The molecule has 3 rings (SSSR count). The van der Waals surface area contributed by atoms with E-state index in [1.54, 1.807) is 6.92 Å². The van der Waals surface area contributed by atoms with E-state index in [0.717, 1.165) is 11.1 Å². The van der Waals surface area contributed by atoms with Crippen LogP contribution in [0.5, 0.6) is 0 Å². The number of allylic oxidation sites excluding steroid dienone is 1. The monoisotopic (exact) mass is 318 g/mol. The highest BCUT2D eigenvalue weighted by atomic mass is 35.5. The molecule has 1 N–H and O–H groups in total. The third kappa shape index (κ3) is 2.50. The predicted octanol–water partition coefficient (Wildman–Crippen LogP) is 4.86. The minimum atomic E-state index is -1.29. The lowest BCUT2D eigenvalue weighted by Gasteiger charge is -2.29. The highest BCUT2D eigenvalue weighted by Gasteiger charge is 2.35. The van der Waals surface area contributed by atoms with Crippen molar-refractivity contribution in [2.45, 2.75) is 23.3 Å². The summed E-state index contributed by atoms with van der Waals surface area (Å²) in [5, 5.41) is 10.7. The third-order valence-electron chi connectivity index (χ3n) is 4.07. The second-order valence-corrected chi connectivity index (χ2v) is 6.60. The first kappa shape index (κ1) is 14.6. The Bertz CT molecular complexity index is 689. The second-order valence-electron chi connectivity index (χ2n) is 5.50. The summed E-state index contributed by atoms with van der Waals surface area (Å²) in [5.74, 6) is 0.121. The minimum absolute atomic E-state index is 0.121. The van der Waals surface area contributed by atoms with E-state index in [1.807, 2.05) is 36.4 Å². The van der Waals surface area contributed by atoms with Gasteiger partial charge in [0.25, 0.3) is 0 Å². The standard InChI is InChI=1S/C18H16Cl2O/c1-18(21,17(19)20)16-9-5-4-8-15(16)14-11-10-12-6-2-3-7-13(12)14/h2-11,14,17,21H,1H3. The molecule has 1 aliphatic rings. The van der Waals surface area contributed by atoms with Crippen molar-refractivity contribution < 1.29 is 5.11 Å². The molecule has 0 fully saturated rings. The molecular formula is C18H16Cl2O. The van der Waals surface area contributed by atoms with E-state index in [0.29, 0.717) is 0 Å². The lowest BCUT2D eigenvalue weighted by atomic mass is 9.84. The molecule has 2 aromatic carbocycles. The van der Waals surface area contributed by atoms with Crippen molar-refractivity contribution >= 4 is 29.3 Å². The fourth-order valence-corrected chi connectivity index (χ4v) is 3.10. The van der Waals surface area contributed by atoms with Crippen LogP contribution in [0.15, 0.2) is 54.6 Å². The number of rotatable bonds is 3. The van der Waals surface area contributed by atoms with E-state index in [9.17, 15) is 5.11 Å². The molecule has 108 valence electrons. The van der Waals surface area contributed by atoms with E-state index in [4.69, 9.17) is 23.2 Å². The maximum absolute atomic E-state index is 10.7. The van der Waals surface area contributed by atoms with Crippen LogP contribution in [0.3, 0.4) is 0 Å². The quantitative estimate of drug-likeness (QED) is 0.801. The highest BCUT2D eigenvalue weighted by molar-refractivity contribution is 6.45. The maximum atomic E-state index is 10.7. The van der Waals surface area contributed by atoms with Crippen LogP contribution in [0, 0.1) is 0 Å². The van der Waals surface area contributed by atoms with E-state index >= 15 is 0 Å². The van der Waals surface area contributed by atoms with E-state index in [-0.39, 0.29) is 5.92 Å². The molecule has 0 aliphatic heterocycles. The van der Waals surface area contributed by atoms with Crippen molar-refractivity contribution in [1.82, 2.24) is 0 Å². The molecule has 0 saturated heterocycles. The molecule has 0 heterocycles. The summed E-state index contributed by atoms with van der Waals surface area (Å²) in [6.07, 6.45) is 4.27. The lowest BCUT2D eigenvalue weighted by molar-refractivity contribution is 0.0711. The number of benzene rings is 2. The Labute approximate surface area is 134 Å². The van der Waals surface area contributed by atoms with Gasteiger partial charge in [-0.3, -0.25) is 0 Å². The van der Waals surface area contributed by atoms with Gasteiger partial charge in [-0.05, 0) is 29.2 Å². The average molecular weight is 319 g/mol. The van der Waals surface area contributed by atoms with E-state index < -0.39 is 10.4 Å². The first-order valence-corrected chi connectivity index (χ1v) is 7.76. The summed E-state index contributed by atoms with van der Waals surface area (Å²) >= 11 is 12.0. The van der Waals surface area contributed by atoms with Crippen LogP contribution in [-0.2, 0) is 5.60 Å². The molecular weight excluding hydrogens is 303 g/mol. The first-order valence-electron chi connectivity index (χ1n) is 6.89. The van der Waals surface area contributed by atoms with Gasteiger partial charge in [-0.25, -0.2) is 0 Å². The number of hydrogen-bond donors (Lipinski definition) is 1. The molecule has 0 saturated carbocycles. The van der Waals surface area contributed by atoms with Crippen molar-refractivity contribution in [2.75, 3.05) is 0 Å². The van der Waals surface area contributed by atoms with E-state index in [1.165, 1.54) is 11.1 Å². The van der Waals surface area contributed by atoms with Crippen molar-refractivity contribution in [1.29, 1.82) is 0 Å². The van der Waals surface area contributed by atoms with Crippen LogP contribution in [0.4, 0.5) is 0 Å². The molecule has 0 spiro atoms. The smallest absolute Gasteiger partial charge is 0.140 e. The van der Waals surface area contributed by atoms with Gasteiger partial charge in [-0.1, -0.05) is 60.7 Å². The van der Waals surface area contributed by atoms with Crippen LogP contribution in [-0.4, -0.2) is 9.94 Å². The molecule has 2 atom stereocenters. The van der Waals surface area contributed by atoms with Crippen LogP contribution in [0.1, 0.15) is 35.1 Å². The molecule has 2 unspecified atom stereocenters. The fraction of sp³-hybridized carbons (Fsp3) is 0.222. The number of alkyl halides is 2. The Balaban J connectivity index is 2.12. The summed E-state index contributed by atoms with van der Waals surface area (Å²) in [5.41, 5.74) is 2.97. The van der Waals surface area contributed by atoms with Gasteiger partial charge < -0.3 is 5.11 Å². The zero-order valence-corrected chi connectivity index (χ0v) is 13.1. The van der Waals surface area contributed by atoms with Crippen LogP contribution >= 0.6 is 23.2 Å². The van der Waals surface area contributed by atoms with Crippen molar-refractivity contribution in [3.63, 3.8) is 0 Å². The first-order chi connectivity index (χ1) is 10.0. The van der Waals surface area contributed by atoms with Crippen molar-refractivity contribution in [2.24, 2.45) is 0 Å². The molecule has 2 aromatic rings. The molecule has 21 heavy (non-hydrogen) atoms. The lowest BCUT2D eigenvalue weighted by Crippen LogP contribution is -2.30. The van der Waals surface area contributed by atoms with Gasteiger partial charge in [-0.2, -0.15) is 0 Å². The number of halogens is 2. The number of aliphatic hydroxyl groups is 1. The molecule has 0 radical (unpaired) electrons. The van der Waals surface area contributed by atoms with Crippen LogP contribution < -0.4 is 0 Å². The summed E-state index contributed by atoms with van der Waals surface area (Å²) in [4.78, 5) is -0.890. The van der Waals surface area contributed by atoms with Gasteiger partial charge in [0.05, 0.1) is 0 Å². The normalized spacial score (nSPS) is 19.6.